The van der Waals surface area contributed by atoms with Gasteiger partial charge in [0.15, 0.2) is 0 Å². The summed E-state index contributed by atoms with van der Waals surface area (Å²) in [5, 5.41) is 1.00. The lowest BCUT2D eigenvalue weighted by Gasteiger charge is -2.04. The van der Waals surface area contributed by atoms with Gasteiger partial charge >= 0.3 is 11.9 Å². The third-order valence-electron chi connectivity index (χ3n) is 4.90. The predicted octanol–water partition coefficient (Wildman–Crippen LogP) is 6.77. The highest BCUT2D eigenvalue weighted by Gasteiger charge is 2.09. The summed E-state index contributed by atoms with van der Waals surface area (Å²) >= 11 is 6.46. The van der Waals surface area contributed by atoms with E-state index in [4.69, 9.17) is 10.5 Å². The number of aromatic amines is 1. The summed E-state index contributed by atoms with van der Waals surface area (Å²) in [6.07, 6.45) is 1.77. The number of nitrogen functional groups attached to an aromatic ring is 1. The van der Waals surface area contributed by atoms with Crippen molar-refractivity contribution in [2.75, 3.05) is 20.0 Å². The third-order valence-corrected chi connectivity index (χ3v) is 5.36. The van der Waals surface area contributed by atoms with Crippen molar-refractivity contribution in [3.63, 3.8) is 0 Å². The topological polar surface area (TPSA) is 94.4 Å². The molecule has 1 aromatic heterocycles. The Morgan fingerprint density at radius 3 is 2.09 bits per heavy atom. The normalized spacial score (nSPS) is 10.1. The molecule has 3 aromatic carbocycles. The Balaban J connectivity index is 0.000000197. The van der Waals surface area contributed by atoms with Crippen LogP contribution in [0, 0.1) is 0 Å². The first-order valence-electron chi connectivity index (χ1n) is 10.1. The zero-order valence-corrected chi connectivity index (χ0v) is 21.6. The van der Waals surface area contributed by atoms with E-state index in [2.05, 4.69) is 41.6 Å². The van der Waals surface area contributed by atoms with E-state index in [0.29, 0.717) is 16.8 Å². The van der Waals surface area contributed by atoms with Crippen LogP contribution in [0.25, 0.3) is 28.2 Å². The van der Waals surface area contributed by atoms with Crippen LogP contribution in [0.1, 0.15) is 26.3 Å². The monoisotopic (exact) mass is 584 g/mol. The number of halogens is 2. The van der Waals surface area contributed by atoms with Crippen LogP contribution in [0.4, 0.5) is 5.69 Å². The van der Waals surface area contributed by atoms with Crippen LogP contribution in [-0.2, 0) is 9.47 Å². The van der Waals surface area contributed by atoms with Gasteiger partial charge in [-0.3, -0.25) is 0 Å². The molecule has 0 bridgehead atoms. The zero-order chi connectivity index (χ0) is 24.7. The molecule has 0 aliphatic heterocycles. The number of aromatic nitrogens is 1. The van der Waals surface area contributed by atoms with Crippen molar-refractivity contribution >= 4 is 66.5 Å². The van der Waals surface area contributed by atoms with Crippen LogP contribution >= 0.6 is 31.9 Å². The highest BCUT2D eigenvalue weighted by atomic mass is 79.9. The Kier molecular flexibility index (Phi) is 8.67. The van der Waals surface area contributed by atoms with E-state index in [0.717, 1.165) is 31.1 Å². The summed E-state index contributed by atoms with van der Waals surface area (Å²) < 4.78 is 10.1. The van der Waals surface area contributed by atoms with Crippen LogP contribution in [0.15, 0.2) is 76.2 Å². The van der Waals surface area contributed by atoms with Gasteiger partial charge in [0.05, 0.1) is 28.7 Å². The van der Waals surface area contributed by atoms with Crippen LogP contribution in [0.3, 0.4) is 0 Å². The fourth-order valence-corrected chi connectivity index (χ4v) is 3.71. The van der Waals surface area contributed by atoms with Crippen LogP contribution < -0.4 is 5.73 Å². The van der Waals surface area contributed by atoms with Gasteiger partial charge in [-0.1, -0.05) is 30.3 Å². The van der Waals surface area contributed by atoms with Crippen LogP contribution in [0.5, 0.6) is 0 Å². The highest BCUT2D eigenvalue weighted by Crippen LogP contribution is 2.25. The maximum atomic E-state index is 11.5. The Hall–Kier alpha value is -3.36. The van der Waals surface area contributed by atoms with Crippen molar-refractivity contribution in [1.29, 1.82) is 0 Å². The molecule has 174 valence electrons. The van der Waals surface area contributed by atoms with Gasteiger partial charge in [-0.25, -0.2) is 9.59 Å². The van der Waals surface area contributed by atoms with E-state index in [1.807, 2.05) is 48.5 Å². The first-order chi connectivity index (χ1) is 16.3. The third kappa shape index (κ3) is 6.36. The summed E-state index contributed by atoms with van der Waals surface area (Å²) in [5.41, 5.74) is 11.3. The Bertz CT molecular complexity index is 1340. The van der Waals surface area contributed by atoms with Crippen molar-refractivity contribution in [3.05, 3.63) is 92.9 Å². The minimum absolute atomic E-state index is 0.315. The van der Waals surface area contributed by atoms with Crippen molar-refractivity contribution in [2.24, 2.45) is 0 Å². The van der Waals surface area contributed by atoms with E-state index in [-0.39, 0.29) is 11.9 Å². The number of anilines is 1. The van der Waals surface area contributed by atoms with Gasteiger partial charge in [0.2, 0.25) is 0 Å². The Labute approximate surface area is 214 Å². The maximum absolute atomic E-state index is 11.5. The largest absolute Gasteiger partial charge is 0.465 e. The predicted molar refractivity (Wildman–Crippen MR) is 143 cm³/mol. The minimum Gasteiger partial charge on any atom is -0.465 e. The molecule has 0 aliphatic rings. The molecule has 6 nitrogen and oxygen atoms in total. The number of ether oxygens (including phenoxy) is 2. The summed E-state index contributed by atoms with van der Waals surface area (Å²) in [4.78, 5) is 26.1. The fraction of sp³-hybridized carbons (Fsp3) is 0.0769. The molecule has 0 aliphatic carbocycles. The molecule has 8 heteroatoms. The number of H-pyrrole nitrogens is 1. The van der Waals surface area contributed by atoms with E-state index in [1.165, 1.54) is 14.2 Å². The molecule has 3 N–H and O–H groups in total. The lowest BCUT2D eigenvalue weighted by Crippen LogP contribution is -2.02. The first kappa shape index (κ1) is 25.3. The molecule has 4 aromatic rings. The van der Waals surface area contributed by atoms with E-state index < -0.39 is 0 Å². The number of hydrogen-bond acceptors (Lipinski definition) is 5. The standard InChI is InChI=1S/C16H13NO2.C10H9Br2NO2/c1-19-16(18)12-7-8-14-13(9-12)10-15(17-14)11-5-3-2-4-6-11;1-15-10(14)6-2-3-8(13)7(4-6)5-9(11)12/h2-10,17H,1H3;2-5H,13H2,1H3. The molecule has 1 heterocycles. The summed E-state index contributed by atoms with van der Waals surface area (Å²) in [5.74, 6) is -0.695. The first-order valence-corrected chi connectivity index (χ1v) is 11.7. The average molecular weight is 586 g/mol. The van der Waals surface area contributed by atoms with E-state index in [1.54, 1.807) is 30.3 Å². The number of fused-ring (bicyclic) bond motifs is 1. The Morgan fingerprint density at radius 2 is 1.47 bits per heavy atom. The second-order valence-corrected chi connectivity index (χ2v) is 9.88. The molecule has 0 unspecified atom stereocenters. The second kappa shape index (κ2) is 11.7. The van der Waals surface area contributed by atoms with Crippen LogP contribution in [0.2, 0.25) is 0 Å². The second-order valence-electron chi connectivity index (χ2n) is 7.11. The number of benzene rings is 3. The molecule has 0 saturated heterocycles. The molecule has 34 heavy (non-hydrogen) atoms. The smallest absolute Gasteiger partial charge is 0.337 e. The number of hydrogen-bond donors (Lipinski definition) is 2. The average Bonchev–Trinajstić information content (AvgIpc) is 3.28. The van der Waals surface area contributed by atoms with Gasteiger partial charge in [0.25, 0.3) is 0 Å². The van der Waals surface area contributed by atoms with Gasteiger partial charge in [-0.15, -0.1) is 0 Å². The molecule has 0 fully saturated rings. The lowest BCUT2D eigenvalue weighted by molar-refractivity contribution is 0.0592. The molecule has 0 amide bonds. The number of rotatable bonds is 4. The molecule has 0 saturated carbocycles. The molecule has 0 atom stereocenters. The van der Waals surface area contributed by atoms with Crippen molar-refractivity contribution < 1.29 is 19.1 Å². The van der Waals surface area contributed by atoms with Crippen LogP contribution in [-0.4, -0.2) is 31.1 Å². The molecule has 4 rings (SSSR count). The molecule has 0 radical (unpaired) electrons. The van der Waals surface area contributed by atoms with Gasteiger partial charge in [-0.05, 0) is 91.5 Å². The number of nitrogens with two attached hydrogens (primary N) is 1. The minimum atomic E-state index is -0.379. The van der Waals surface area contributed by atoms with Gasteiger partial charge in [-0.2, -0.15) is 0 Å². The number of carbonyl (C=O) groups excluding carboxylic acids is 2. The summed E-state index contributed by atoms with van der Waals surface area (Å²) in [6.45, 7) is 0. The number of nitrogens with one attached hydrogen (secondary N) is 1. The highest BCUT2D eigenvalue weighted by molar-refractivity contribution is 9.28. The number of methoxy groups -OCH3 is 2. The lowest BCUT2D eigenvalue weighted by atomic mass is 10.1. The van der Waals surface area contributed by atoms with Crippen molar-refractivity contribution in [1.82, 2.24) is 4.98 Å². The van der Waals surface area contributed by atoms with Gasteiger partial charge in [0, 0.05) is 22.3 Å². The van der Waals surface area contributed by atoms with Crippen molar-refractivity contribution in [3.8, 4) is 11.3 Å². The number of carbonyl (C=O) groups is 2. The molecular weight excluding hydrogens is 564 g/mol. The van der Waals surface area contributed by atoms with E-state index in [9.17, 15) is 9.59 Å². The SMILES string of the molecule is COC(=O)c1ccc(N)c(C=C(Br)Br)c1.COC(=O)c1ccc2[nH]c(-c3ccccc3)cc2c1. The fourth-order valence-electron chi connectivity index (χ4n) is 3.21. The van der Waals surface area contributed by atoms with E-state index >= 15 is 0 Å². The quantitative estimate of drug-likeness (QED) is 0.204. The summed E-state index contributed by atoms with van der Waals surface area (Å²) in [6, 6.07) is 22.6. The number of esters is 2. The maximum Gasteiger partial charge on any atom is 0.337 e. The van der Waals surface area contributed by atoms with Gasteiger partial charge < -0.3 is 20.2 Å². The van der Waals surface area contributed by atoms with Gasteiger partial charge in [0.1, 0.15) is 0 Å². The summed E-state index contributed by atoms with van der Waals surface area (Å²) in [7, 11) is 2.73. The molecular formula is C26H22Br2N2O4. The van der Waals surface area contributed by atoms with Crippen molar-refractivity contribution in [2.45, 2.75) is 0 Å². The zero-order valence-electron chi connectivity index (χ0n) is 18.5. The Morgan fingerprint density at radius 1 is 0.853 bits per heavy atom. The molecule has 0 spiro atoms.